The molecular weight excluding hydrogens is 239 g/mol. The number of aryl methyl sites for hydroxylation is 1. The Morgan fingerprint density at radius 2 is 2.18 bits per heavy atom. The van der Waals surface area contributed by atoms with Crippen LogP contribution in [0.25, 0.3) is 11.3 Å². The van der Waals surface area contributed by atoms with Crippen molar-refractivity contribution in [1.29, 1.82) is 0 Å². The molecule has 0 aliphatic carbocycles. The molecule has 0 atom stereocenters. The Hall–Kier alpha value is -1.62. The highest BCUT2D eigenvalue weighted by Crippen LogP contribution is 2.32. The lowest BCUT2D eigenvalue weighted by atomic mass is 10.1. The van der Waals surface area contributed by atoms with Crippen molar-refractivity contribution < 1.29 is 9.13 Å². The third-order valence-corrected chi connectivity index (χ3v) is 3.42. The molecule has 2 rings (SSSR count). The Morgan fingerprint density at radius 3 is 2.71 bits per heavy atom. The summed E-state index contributed by atoms with van der Waals surface area (Å²) in [5.41, 5.74) is 1.57. The zero-order chi connectivity index (χ0) is 12.4. The maximum absolute atomic E-state index is 13.6. The van der Waals surface area contributed by atoms with Crippen LogP contribution in [0, 0.1) is 12.7 Å². The third kappa shape index (κ3) is 2.24. The lowest BCUT2D eigenvalue weighted by Crippen LogP contribution is -1.90. The van der Waals surface area contributed by atoms with E-state index < -0.39 is 0 Å². The minimum Gasteiger partial charge on any atom is -0.494 e. The van der Waals surface area contributed by atoms with E-state index in [1.165, 1.54) is 13.2 Å². The van der Waals surface area contributed by atoms with Gasteiger partial charge in [0.15, 0.2) is 16.7 Å². The zero-order valence-corrected chi connectivity index (χ0v) is 10.7. The fourth-order valence-electron chi connectivity index (χ4n) is 1.58. The molecule has 0 fully saturated rings. The maximum atomic E-state index is 13.6. The molecule has 0 saturated heterocycles. The van der Waals surface area contributed by atoms with Crippen LogP contribution >= 0.6 is 11.3 Å². The van der Waals surface area contributed by atoms with E-state index in [9.17, 15) is 4.39 Å². The van der Waals surface area contributed by atoms with Crippen LogP contribution < -0.4 is 10.1 Å². The Labute approximate surface area is 103 Å². The monoisotopic (exact) mass is 252 g/mol. The van der Waals surface area contributed by atoms with Crippen molar-refractivity contribution in [2.45, 2.75) is 6.92 Å². The summed E-state index contributed by atoms with van der Waals surface area (Å²) in [6, 6.07) is 4.87. The molecule has 0 radical (unpaired) electrons. The highest BCUT2D eigenvalue weighted by molar-refractivity contribution is 7.15. The van der Waals surface area contributed by atoms with E-state index in [4.69, 9.17) is 4.74 Å². The fourth-order valence-corrected chi connectivity index (χ4v) is 2.37. The molecule has 1 aromatic heterocycles. The minimum absolute atomic E-state index is 0.246. The first kappa shape index (κ1) is 11.9. The van der Waals surface area contributed by atoms with Crippen LogP contribution in [0.2, 0.25) is 0 Å². The van der Waals surface area contributed by atoms with Crippen LogP contribution in [0.3, 0.4) is 0 Å². The smallest absolute Gasteiger partial charge is 0.183 e. The normalized spacial score (nSPS) is 10.4. The number of rotatable bonds is 3. The van der Waals surface area contributed by atoms with Gasteiger partial charge in [0, 0.05) is 17.5 Å². The van der Waals surface area contributed by atoms with Crippen LogP contribution in [0.5, 0.6) is 5.75 Å². The van der Waals surface area contributed by atoms with E-state index in [0.29, 0.717) is 0 Å². The molecule has 3 nitrogen and oxygen atoms in total. The Kier molecular flexibility index (Phi) is 3.28. The van der Waals surface area contributed by atoms with Crippen LogP contribution in [0.4, 0.5) is 9.52 Å². The van der Waals surface area contributed by atoms with E-state index >= 15 is 0 Å². The van der Waals surface area contributed by atoms with Gasteiger partial charge in [-0.25, -0.2) is 9.37 Å². The number of hydrogen-bond donors (Lipinski definition) is 1. The van der Waals surface area contributed by atoms with Gasteiger partial charge < -0.3 is 10.1 Å². The first-order valence-corrected chi connectivity index (χ1v) is 5.96. The molecule has 0 spiro atoms. The van der Waals surface area contributed by atoms with E-state index in [-0.39, 0.29) is 11.6 Å². The predicted molar refractivity (Wildman–Crippen MR) is 68.3 cm³/mol. The van der Waals surface area contributed by atoms with Crippen molar-refractivity contribution in [3.8, 4) is 17.0 Å². The SMILES string of the molecule is CNc1nc(-c2ccc(OC)c(F)c2)c(C)s1. The summed E-state index contributed by atoms with van der Waals surface area (Å²) in [7, 11) is 3.27. The standard InChI is InChI=1S/C12H13FN2OS/c1-7-11(15-12(14-2)17-7)8-4-5-10(16-3)9(13)6-8/h4-6H,1-3H3,(H,14,15). The summed E-state index contributed by atoms with van der Waals surface area (Å²) in [6.45, 7) is 1.97. The number of ether oxygens (including phenoxy) is 1. The largest absolute Gasteiger partial charge is 0.494 e. The van der Waals surface area contributed by atoms with Crippen molar-refractivity contribution in [3.05, 3.63) is 28.9 Å². The van der Waals surface area contributed by atoms with Crippen LogP contribution in [0.15, 0.2) is 18.2 Å². The van der Waals surface area contributed by atoms with Crippen molar-refractivity contribution in [1.82, 2.24) is 4.98 Å². The Balaban J connectivity index is 2.45. The summed E-state index contributed by atoms with van der Waals surface area (Å²) in [5.74, 6) is -0.126. The van der Waals surface area contributed by atoms with Crippen LogP contribution in [-0.4, -0.2) is 19.1 Å². The number of halogens is 1. The van der Waals surface area contributed by atoms with Gasteiger partial charge in [0.05, 0.1) is 12.8 Å². The molecular formula is C12H13FN2OS. The summed E-state index contributed by atoms with van der Waals surface area (Å²) < 4.78 is 18.5. The minimum atomic E-state index is -0.372. The molecule has 5 heteroatoms. The molecule has 0 amide bonds. The van der Waals surface area contributed by atoms with E-state index in [2.05, 4.69) is 10.3 Å². The highest BCUT2D eigenvalue weighted by Gasteiger charge is 2.11. The van der Waals surface area contributed by atoms with Gasteiger partial charge in [-0.3, -0.25) is 0 Å². The van der Waals surface area contributed by atoms with E-state index in [0.717, 1.165) is 21.3 Å². The molecule has 0 bridgehead atoms. The second kappa shape index (κ2) is 4.71. The number of aromatic nitrogens is 1. The fraction of sp³-hybridized carbons (Fsp3) is 0.250. The summed E-state index contributed by atoms with van der Waals surface area (Å²) in [5, 5.41) is 3.81. The second-order valence-corrected chi connectivity index (χ2v) is 4.73. The van der Waals surface area contributed by atoms with Gasteiger partial charge in [-0.2, -0.15) is 0 Å². The molecule has 0 aliphatic rings. The van der Waals surface area contributed by atoms with Gasteiger partial charge in [0.1, 0.15) is 0 Å². The van der Waals surface area contributed by atoms with Gasteiger partial charge >= 0.3 is 0 Å². The topological polar surface area (TPSA) is 34.2 Å². The lowest BCUT2D eigenvalue weighted by Gasteiger charge is -2.03. The first-order valence-electron chi connectivity index (χ1n) is 5.14. The van der Waals surface area contributed by atoms with Crippen LogP contribution in [-0.2, 0) is 0 Å². The Bertz CT molecular complexity index is 539. The first-order chi connectivity index (χ1) is 8.15. The molecule has 17 heavy (non-hydrogen) atoms. The van der Waals surface area contributed by atoms with Gasteiger partial charge in [-0.1, -0.05) is 0 Å². The van der Waals surface area contributed by atoms with Gasteiger partial charge in [0.2, 0.25) is 0 Å². The van der Waals surface area contributed by atoms with Gasteiger partial charge in [-0.05, 0) is 25.1 Å². The average Bonchev–Trinajstić information content (AvgIpc) is 2.70. The van der Waals surface area contributed by atoms with Gasteiger partial charge in [-0.15, -0.1) is 11.3 Å². The summed E-state index contributed by atoms with van der Waals surface area (Å²) >= 11 is 1.55. The number of hydrogen-bond acceptors (Lipinski definition) is 4. The number of nitrogens with one attached hydrogen (secondary N) is 1. The number of thiazole rings is 1. The van der Waals surface area contributed by atoms with E-state index in [1.807, 2.05) is 20.0 Å². The molecule has 2 aromatic rings. The number of anilines is 1. The lowest BCUT2D eigenvalue weighted by molar-refractivity contribution is 0.386. The highest BCUT2D eigenvalue weighted by atomic mass is 32.1. The van der Waals surface area contributed by atoms with Crippen molar-refractivity contribution in [3.63, 3.8) is 0 Å². The summed E-state index contributed by atoms with van der Waals surface area (Å²) in [4.78, 5) is 5.45. The van der Waals surface area contributed by atoms with Crippen molar-refractivity contribution >= 4 is 16.5 Å². The molecule has 0 saturated carbocycles. The van der Waals surface area contributed by atoms with Crippen molar-refractivity contribution in [2.24, 2.45) is 0 Å². The van der Waals surface area contributed by atoms with Gasteiger partial charge in [0.25, 0.3) is 0 Å². The predicted octanol–water partition coefficient (Wildman–Crippen LogP) is 3.31. The quantitative estimate of drug-likeness (QED) is 0.910. The molecule has 0 aliphatic heterocycles. The van der Waals surface area contributed by atoms with Crippen LogP contribution in [0.1, 0.15) is 4.88 Å². The van der Waals surface area contributed by atoms with E-state index in [1.54, 1.807) is 17.4 Å². The number of nitrogens with zero attached hydrogens (tertiary/aromatic N) is 1. The molecule has 0 unspecified atom stereocenters. The average molecular weight is 252 g/mol. The zero-order valence-electron chi connectivity index (χ0n) is 9.87. The Morgan fingerprint density at radius 1 is 1.41 bits per heavy atom. The second-order valence-electron chi connectivity index (χ2n) is 3.52. The number of benzene rings is 1. The molecule has 1 aromatic carbocycles. The number of methoxy groups -OCH3 is 1. The van der Waals surface area contributed by atoms with Crippen molar-refractivity contribution in [2.75, 3.05) is 19.5 Å². The third-order valence-electron chi connectivity index (χ3n) is 2.44. The molecule has 90 valence electrons. The summed E-state index contributed by atoms with van der Waals surface area (Å²) in [6.07, 6.45) is 0. The maximum Gasteiger partial charge on any atom is 0.183 e. The molecule has 1 heterocycles. The molecule has 1 N–H and O–H groups in total.